The lowest BCUT2D eigenvalue weighted by atomic mass is 10.2. The normalized spacial score (nSPS) is 12.5. The van der Waals surface area contributed by atoms with Crippen molar-refractivity contribution >= 4 is 33.2 Å². The molecule has 0 atom stereocenters. The number of rotatable bonds is 5. The van der Waals surface area contributed by atoms with Gasteiger partial charge in [-0.3, -0.25) is 9.52 Å². The molecule has 13 heteroatoms. The fraction of sp³-hybridized carbons (Fsp3) is 0.188. The van der Waals surface area contributed by atoms with E-state index in [1.807, 2.05) is 4.72 Å². The number of anilines is 1. The zero-order valence-electron chi connectivity index (χ0n) is 14.0. The third kappa shape index (κ3) is 6.26. The molecule has 0 spiro atoms. The van der Waals surface area contributed by atoms with E-state index in [-0.39, 0.29) is 5.56 Å². The van der Waals surface area contributed by atoms with Crippen LogP contribution in [0.4, 0.5) is 32.0 Å². The van der Waals surface area contributed by atoms with E-state index in [0.717, 1.165) is 36.4 Å². The van der Waals surface area contributed by atoms with Gasteiger partial charge >= 0.3 is 12.4 Å². The van der Waals surface area contributed by atoms with Crippen LogP contribution in [0.25, 0.3) is 0 Å². The molecule has 2 N–H and O–H groups in total. The van der Waals surface area contributed by atoms with Gasteiger partial charge in [0.15, 0.2) is 0 Å². The topological polar surface area (TPSA) is 75.3 Å². The van der Waals surface area contributed by atoms with E-state index >= 15 is 0 Å². The third-order valence-corrected chi connectivity index (χ3v) is 5.13. The predicted molar refractivity (Wildman–Crippen MR) is 92.1 cm³/mol. The van der Waals surface area contributed by atoms with E-state index in [4.69, 9.17) is 11.6 Å². The number of carbonyl (C=O) groups excluding carboxylic acids is 1. The fourth-order valence-corrected chi connectivity index (χ4v) is 3.36. The van der Waals surface area contributed by atoms with Crippen LogP contribution in [0.1, 0.15) is 15.9 Å². The van der Waals surface area contributed by atoms with E-state index in [0.29, 0.717) is 6.07 Å². The molecule has 2 rings (SSSR count). The average Bonchev–Trinajstić information content (AvgIpc) is 2.59. The fourth-order valence-electron chi connectivity index (χ4n) is 2.09. The highest BCUT2D eigenvalue weighted by Gasteiger charge is 2.33. The van der Waals surface area contributed by atoms with Gasteiger partial charge < -0.3 is 5.32 Å². The molecule has 0 unspecified atom stereocenters. The van der Waals surface area contributed by atoms with Gasteiger partial charge in [0.1, 0.15) is 6.54 Å². The van der Waals surface area contributed by atoms with Gasteiger partial charge in [-0.2, -0.15) is 26.3 Å². The predicted octanol–water partition coefficient (Wildman–Crippen LogP) is 4.45. The number of carbonyl (C=O) groups is 1. The van der Waals surface area contributed by atoms with Gasteiger partial charge in [0, 0.05) is 11.3 Å². The molecule has 2 aromatic rings. The Morgan fingerprint density at radius 2 is 1.55 bits per heavy atom. The smallest absolute Gasteiger partial charge is 0.343 e. The third-order valence-electron chi connectivity index (χ3n) is 3.40. The van der Waals surface area contributed by atoms with Crippen molar-refractivity contribution in [1.82, 2.24) is 5.32 Å². The summed E-state index contributed by atoms with van der Waals surface area (Å²) in [5.74, 6) is -1.08. The molecule has 0 aliphatic heterocycles. The molecule has 0 heterocycles. The molecule has 158 valence electrons. The maximum Gasteiger partial charge on any atom is 0.417 e. The van der Waals surface area contributed by atoms with E-state index in [9.17, 15) is 39.6 Å². The van der Waals surface area contributed by atoms with E-state index in [1.165, 1.54) is 0 Å². The summed E-state index contributed by atoms with van der Waals surface area (Å²) in [6.07, 6.45) is -9.42. The number of amides is 1. The summed E-state index contributed by atoms with van der Waals surface area (Å²) in [7, 11) is -4.34. The summed E-state index contributed by atoms with van der Waals surface area (Å²) in [6, 6.07) is 6.17. The van der Waals surface area contributed by atoms with Crippen LogP contribution in [0, 0.1) is 0 Å². The molecule has 0 aliphatic carbocycles. The van der Waals surface area contributed by atoms with Crippen molar-refractivity contribution < 1.29 is 39.6 Å². The number of sulfonamides is 1. The summed E-state index contributed by atoms with van der Waals surface area (Å²) in [5.41, 5.74) is -1.89. The quantitative estimate of drug-likeness (QED) is 0.647. The van der Waals surface area contributed by atoms with E-state index in [1.54, 1.807) is 5.32 Å². The van der Waals surface area contributed by atoms with Crippen molar-refractivity contribution in [2.75, 3.05) is 11.3 Å². The Balaban J connectivity index is 2.19. The van der Waals surface area contributed by atoms with Crippen LogP contribution in [-0.4, -0.2) is 27.0 Å². The zero-order chi connectivity index (χ0) is 22.0. The first-order chi connectivity index (χ1) is 13.2. The average molecular weight is 461 g/mol. The lowest BCUT2D eigenvalue weighted by Gasteiger charge is -2.13. The monoisotopic (exact) mass is 460 g/mol. The van der Waals surface area contributed by atoms with Crippen molar-refractivity contribution in [2.24, 2.45) is 0 Å². The van der Waals surface area contributed by atoms with Gasteiger partial charge in [-0.15, -0.1) is 0 Å². The second-order valence-corrected chi connectivity index (χ2v) is 7.71. The first-order valence-electron chi connectivity index (χ1n) is 7.54. The molecular weight excluding hydrogens is 450 g/mol. The second kappa shape index (κ2) is 8.11. The Hall–Kier alpha value is -2.47. The molecule has 0 aromatic heterocycles. The van der Waals surface area contributed by atoms with Gasteiger partial charge in [-0.1, -0.05) is 11.6 Å². The van der Waals surface area contributed by atoms with Crippen LogP contribution in [0.5, 0.6) is 0 Å². The lowest BCUT2D eigenvalue weighted by Crippen LogP contribution is -2.33. The van der Waals surface area contributed by atoms with Crippen LogP contribution in [0.15, 0.2) is 47.4 Å². The minimum Gasteiger partial charge on any atom is -0.343 e. The zero-order valence-corrected chi connectivity index (χ0v) is 15.6. The number of hydrogen-bond acceptors (Lipinski definition) is 3. The lowest BCUT2D eigenvalue weighted by molar-refractivity contribution is -0.137. The van der Waals surface area contributed by atoms with Gasteiger partial charge in [-0.25, -0.2) is 8.42 Å². The summed E-state index contributed by atoms with van der Waals surface area (Å²) >= 11 is 5.46. The molecule has 0 bridgehead atoms. The van der Waals surface area contributed by atoms with Crippen molar-refractivity contribution in [3.8, 4) is 0 Å². The Morgan fingerprint density at radius 1 is 0.966 bits per heavy atom. The summed E-state index contributed by atoms with van der Waals surface area (Å²) in [4.78, 5) is 11.2. The maximum absolute atomic E-state index is 12.9. The van der Waals surface area contributed by atoms with Crippen molar-refractivity contribution in [2.45, 2.75) is 17.2 Å². The molecule has 1 amide bonds. The van der Waals surface area contributed by atoms with Gasteiger partial charge in [-0.05, 0) is 42.5 Å². The standard InChI is InChI=1S/C16H11ClF6N2O3S/c17-13-6-3-10(7-12(13)16(21,22)23)25-29(27,28)11-4-1-9(2-5-11)14(26)24-8-15(18,19)20/h1-7,25H,8H2,(H,24,26). The van der Waals surface area contributed by atoms with E-state index in [2.05, 4.69) is 0 Å². The van der Waals surface area contributed by atoms with Crippen LogP contribution in [-0.2, 0) is 16.2 Å². The van der Waals surface area contributed by atoms with Crippen molar-refractivity contribution in [3.05, 3.63) is 58.6 Å². The molecule has 0 saturated heterocycles. The van der Waals surface area contributed by atoms with Gasteiger partial charge in [0.2, 0.25) is 0 Å². The first kappa shape index (κ1) is 22.8. The Bertz CT molecular complexity index is 1000. The highest BCUT2D eigenvalue weighted by atomic mass is 35.5. The first-order valence-corrected chi connectivity index (χ1v) is 9.40. The second-order valence-electron chi connectivity index (χ2n) is 5.62. The minimum absolute atomic E-state index is 0.237. The number of halogens is 7. The van der Waals surface area contributed by atoms with Crippen LogP contribution < -0.4 is 10.0 Å². The number of alkyl halides is 6. The highest BCUT2D eigenvalue weighted by Crippen LogP contribution is 2.36. The van der Waals surface area contributed by atoms with Gasteiger partial charge in [0.05, 0.1) is 15.5 Å². The minimum atomic E-state index is -4.80. The number of hydrogen-bond donors (Lipinski definition) is 2. The summed E-state index contributed by atoms with van der Waals surface area (Å²) in [5, 5.41) is 0.998. The number of nitrogens with one attached hydrogen (secondary N) is 2. The Labute approximate surface area is 165 Å². The highest BCUT2D eigenvalue weighted by molar-refractivity contribution is 7.92. The maximum atomic E-state index is 12.9. The van der Waals surface area contributed by atoms with Crippen molar-refractivity contribution in [3.63, 3.8) is 0 Å². The Kier molecular flexibility index (Phi) is 6.38. The van der Waals surface area contributed by atoms with Gasteiger partial charge in [0.25, 0.3) is 15.9 Å². The largest absolute Gasteiger partial charge is 0.417 e. The number of benzene rings is 2. The Morgan fingerprint density at radius 3 is 2.07 bits per heavy atom. The molecule has 0 radical (unpaired) electrons. The molecule has 0 saturated carbocycles. The molecule has 2 aromatic carbocycles. The molecule has 0 fully saturated rings. The molecular formula is C16H11ClF6N2O3S. The van der Waals surface area contributed by atoms with Crippen LogP contribution >= 0.6 is 11.6 Å². The van der Waals surface area contributed by atoms with E-state index < -0.39 is 56.0 Å². The summed E-state index contributed by atoms with van der Waals surface area (Å²) < 4.78 is 101. The molecule has 0 aliphatic rings. The molecule has 29 heavy (non-hydrogen) atoms. The SMILES string of the molecule is O=C(NCC(F)(F)F)c1ccc(S(=O)(=O)Nc2ccc(Cl)c(C(F)(F)F)c2)cc1. The molecule has 5 nitrogen and oxygen atoms in total. The van der Waals surface area contributed by atoms with Crippen LogP contribution in [0.2, 0.25) is 5.02 Å². The summed E-state index contributed by atoms with van der Waals surface area (Å²) in [6.45, 7) is -1.56. The van der Waals surface area contributed by atoms with Crippen molar-refractivity contribution in [1.29, 1.82) is 0 Å². The van der Waals surface area contributed by atoms with Crippen LogP contribution in [0.3, 0.4) is 0 Å².